The van der Waals surface area contributed by atoms with Crippen LogP contribution < -0.4 is 0 Å². The summed E-state index contributed by atoms with van der Waals surface area (Å²) >= 11 is 0. The zero-order valence-corrected chi connectivity index (χ0v) is 9.11. The van der Waals surface area contributed by atoms with Gasteiger partial charge in [0.25, 0.3) is 0 Å². The van der Waals surface area contributed by atoms with Gasteiger partial charge in [-0.15, -0.1) is 0 Å². The van der Waals surface area contributed by atoms with Crippen molar-refractivity contribution in [1.29, 1.82) is 0 Å². The minimum Gasteiger partial charge on any atom is -0.508 e. The first-order chi connectivity index (χ1) is 7.16. The third-order valence-electron chi connectivity index (χ3n) is 3.27. The van der Waals surface area contributed by atoms with Crippen LogP contribution in [0.15, 0.2) is 18.2 Å². The summed E-state index contributed by atoms with van der Waals surface area (Å²) in [6.07, 6.45) is 3.64. The summed E-state index contributed by atoms with van der Waals surface area (Å²) in [6.45, 7) is 1.97. The van der Waals surface area contributed by atoms with E-state index in [1.54, 1.807) is 6.07 Å². The Kier molecular flexibility index (Phi) is 2.96. The summed E-state index contributed by atoms with van der Waals surface area (Å²) in [4.78, 5) is 0. The van der Waals surface area contributed by atoms with Gasteiger partial charge in [0, 0.05) is 0 Å². The smallest absolute Gasteiger partial charge is 0.119 e. The molecule has 2 unspecified atom stereocenters. The van der Waals surface area contributed by atoms with E-state index in [4.69, 9.17) is 0 Å². The Balaban J connectivity index is 2.21. The van der Waals surface area contributed by atoms with Gasteiger partial charge in [0.05, 0.1) is 6.10 Å². The van der Waals surface area contributed by atoms with Gasteiger partial charge in [-0.2, -0.15) is 0 Å². The number of phenols is 1. The second-order valence-corrected chi connectivity index (χ2v) is 4.58. The fraction of sp³-hybridized carbons (Fsp3) is 0.538. The van der Waals surface area contributed by atoms with E-state index in [1.165, 1.54) is 0 Å². The van der Waals surface area contributed by atoms with Crippen molar-refractivity contribution in [2.24, 2.45) is 0 Å². The van der Waals surface area contributed by atoms with Crippen LogP contribution in [0.3, 0.4) is 0 Å². The van der Waals surface area contributed by atoms with Crippen LogP contribution >= 0.6 is 0 Å². The Bertz CT molecular complexity index is 346. The van der Waals surface area contributed by atoms with Crippen molar-refractivity contribution in [3.05, 3.63) is 29.3 Å². The average molecular weight is 206 g/mol. The lowest BCUT2D eigenvalue weighted by atomic mass is 9.82. The van der Waals surface area contributed by atoms with Crippen LogP contribution in [-0.4, -0.2) is 16.3 Å². The molecule has 0 aliphatic heterocycles. The number of hydrogen-bond acceptors (Lipinski definition) is 2. The predicted molar refractivity (Wildman–Crippen MR) is 60.1 cm³/mol. The first kappa shape index (κ1) is 10.5. The molecule has 0 amide bonds. The second kappa shape index (κ2) is 4.23. The highest BCUT2D eigenvalue weighted by Crippen LogP contribution is 2.37. The zero-order valence-electron chi connectivity index (χ0n) is 9.11. The highest BCUT2D eigenvalue weighted by Gasteiger charge is 2.23. The molecule has 0 spiro atoms. The summed E-state index contributed by atoms with van der Waals surface area (Å²) in [7, 11) is 0. The van der Waals surface area contributed by atoms with Crippen molar-refractivity contribution in [2.45, 2.75) is 44.6 Å². The van der Waals surface area contributed by atoms with Gasteiger partial charge in [-0.25, -0.2) is 0 Å². The van der Waals surface area contributed by atoms with Crippen molar-refractivity contribution >= 4 is 0 Å². The van der Waals surface area contributed by atoms with E-state index >= 15 is 0 Å². The summed E-state index contributed by atoms with van der Waals surface area (Å²) in [5.74, 6) is 0.712. The third-order valence-corrected chi connectivity index (χ3v) is 3.27. The van der Waals surface area contributed by atoms with Gasteiger partial charge in [0.1, 0.15) is 5.75 Å². The molecule has 0 saturated heterocycles. The van der Waals surface area contributed by atoms with Crippen molar-refractivity contribution in [3.63, 3.8) is 0 Å². The van der Waals surface area contributed by atoms with E-state index in [-0.39, 0.29) is 6.10 Å². The van der Waals surface area contributed by atoms with E-state index in [9.17, 15) is 10.2 Å². The van der Waals surface area contributed by atoms with E-state index < -0.39 is 0 Å². The van der Waals surface area contributed by atoms with Crippen LogP contribution in [0.1, 0.15) is 42.7 Å². The quantitative estimate of drug-likeness (QED) is 0.741. The number of aryl methyl sites for hydroxylation is 1. The fourth-order valence-corrected chi connectivity index (χ4v) is 2.45. The van der Waals surface area contributed by atoms with Crippen molar-refractivity contribution < 1.29 is 10.2 Å². The minimum atomic E-state index is -0.190. The molecule has 82 valence electrons. The molecule has 1 aliphatic rings. The van der Waals surface area contributed by atoms with Gasteiger partial charge in [-0.05, 0) is 49.3 Å². The number of aromatic hydroxyl groups is 1. The van der Waals surface area contributed by atoms with Gasteiger partial charge in [-0.1, -0.05) is 18.6 Å². The second-order valence-electron chi connectivity index (χ2n) is 4.58. The fourth-order valence-electron chi connectivity index (χ4n) is 2.45. The van der Waals surface area contributed by atoms with Gasteiger partial charge in [-0.3, -0.25) is 0 Å². The summed E-state index contributed by atoms with van der Waals surface area (Å²) in [6, 6.07) is 5.82. The number of rotatable bonds is 1. The number of aliphatic hydroxyl groups is 1. The molecular weight excluding hydrogens is 188 g/mol. The molecule has 15 heavy (non-hydrogen) atoms. The largest absolute Gasteiger partial charge is 0.508 e. The van der Waals surface area contributed by atoms with Gasteiger partial charge < -0.3 is 10.2 Å². The predicted octanol–water partition coefficient (Wildman–Crippen LogP) is 2.72. The molecule has 2 nitrogen and oxygen atoms in total. The number of phenolic OH excluding ortho intramolecular Hbond substituents is 1. The minimum absolute atomic E-state index is 0.190. The lowest BCUT2D eigenvalue weighted by molar-refractivity contribution is 0.119. The van der Waals surface area contributed by atoms with Gasteiger partial charge in [0.15, 0.2) is 0 Å². The van der Waals surface area contributed by atoms with E-state index in [1.807, 2.05) is 19.1 Å². The molecule has 0 radical (unpaired) electrons. The first-order valence-corrected chi connectivity index (χ1v) is 5.64. The molecule has 1 saturated carbocycles. The summed E-state index contributed by atoms with van der Waals surface area (Å²) < 4.78 is 0. The van der Waals surface area contributed by atoms with Gasteiger partial charge >= 0.3 is 0 Å². The van der Waals surface area contributed by atoms with E-state index in [0.29, 0.717) is 11.7 Å². The molecular formula is C13H18O2. The third kappa shape index (κ3) is 2.32. The van der Waals surface area contributed by atoms with Crippen molar-refractivity contribution in [1.82, 2.24) is 0 Å². The van der Waals surface area contributed by atoms with Gasteiger partial charge in [0.2, 0.25) is 0 Å². The highest BCUT2D eigenvalue weighted by molar-refractivity contribution is 5.38. The Morgan fingerprint density at radius 2 is 2.07 bits per heavy atom. The molecule has 2 rings (SSSR count). The maximum atomic E-state index is 9.85. The number of benzene rings is 1. The van der Waals surface area contributed by atoms with Crippen molar-refractivity contribution in [3.8, 4) is 5.75 Å². The van der Waals surface area contributed by atoms with Crippen LogP contribution in [0.2, 0.25) is 0 Å². The average Bonchev–Trinajstić information content (AvgIpc) is 2.17. The Morgan fingerprint density at radius 3 is 2.73 bits per heavy atom. The van der Waals surface area contributed by atoms with E-state index in [0.717, 1.165) is 36.8 Å². The van der Waals surface area contributed by atoms with Crippen LogP contribution in [0.4, 0.5) is 0 Å². The molecule has 1 aromatic carbocycles. The van der Waals surface area contributed by atoms with Crippen LogP contribution in [0.25, 0.3) is 0 Å². The van der Waals surface area contributed by atoms with E-state index in [2.05, 4.69) is 0 Å². The molecule has 1 aromatic rings. The molecule has 2 N–H and O–H groups in total. The molecule has 1 fully saturated rings. The summed E-state index contributed by atoms with van der Waals surface area (Å²) in [5.41, 5.74) is 2.08. The first-order valence-electron chi connectivity index (χ1n) is 5.64. The molecule has 0 bridgehead atoms. The Morgan fingerprint density at radius 1 is 1.27 bits per heavy atom. The Labute approximate surface area is 90.6 Å². The Hall–Kier alpha value is -1.02. The molecule has 0 aromatic heterocycles. The number of aliphatic hydroxyl groups excluding tert-OH is 1. The maximum Gasteiger partial charge on any atom is 0.119 e. The lowest BCUT2D eigenvalue weighted by Gasteiger charge is -2.26. The number of hydrogen-bond donors (Lipinski definition) is 2. The van der Waals surface area contributed by atoms with Crippen LogP contribution in [-0.2, 0) is 0 Å². The highest BCUT2D eigenvalue weighted by atomic mass is 16.3. The molecule has 2 heteroatoms. The summed E-state index contributed by atoms with van der Waals surface area (Å²) in [5, 5.41) is 19.5. The molecule has 0 heterocycles. The zero-order chi connectivity index (χ0) is 10.8. The van der Waals surface area contributed by atoms with Crippen molar-refractivity contribution in [2.75, 3.05) is 0 Å². The normalized spacial score (nSPS) is 26.5. The molecule has 1 aliphatic carbocycles. The van der Waals surface area contributed by atoms with Crippen LogP contribution in [0, 0.1) is 6.92 Å². The standard InChI is InChI=1S/C13H18O2/c1-9-5-6-12(13(15)7-9)10-3-2-4-11(14)8-10/h5-7,10-11,14-15H,2-4,8H2,1H3. The SMILES string of the molecule is Cc1ccc(C2CCCC(O)C2)c(O)c1. The van der Waals surface area contributed by atoms with Crippen LogP contribution in [0.5, 0.6) is 5.75 Å². The lowest BCUT2D eigenvalue weighted by Crippen LogP contribution is -2.18. The molecule has 2 atom stereocenters. The maximum absolute atomic E-state index is 9.85. The monoisotopic (exact) mass is 206 g/mol. The topological polar surface area (TPSA) is 40.5 Å².